The second kappa shape index (κ2) is 8.28. The molecule has 1 unspecified atom stereocenters. The first-order valence-electron chi connectivity index (χ1n) is 8.86. The van der Waals surface area contributed by atoms with Crippen molar-refractivity contribution in [3.05, 3.63) is 51.4 Å². The van der Waals surface area contributed by atoms with Gasteiger partial charge in [0, 0.05) is 23.4 Å². The summed E-state index contributed by atoms with van der Waals surface area (Å²) in [6.07, 6.45) is 2.14. The number of H-pyrrole nitrogens is 1. The summed E-state index contributed by atoms with van der Waals surface area (Å²) in [6, 6.07) is 8.13. The molecule has 4 rings (SSSR count). The zero-order valence-electron chi connectivity index (χ0n) is 15.0. The number of rotatable bonds is 7. The van der Waals surface area contributed by atoms with Gasteiger partial charge in [-0.3, -0.25) is 4.57 Å². The number of para-hydroxylation sites is 1. The third-order valence-corrected chi connectivity index (χ3v) is 6.24. The molecule has 0 spiro atoms. The molecule has 1 saturated heterocycles. The van der Waals surface area contributed by atoms with E-state index in [-0.39, 0.29) is 11.8 Å². The van der Waals surface area contributed by atoms with Gasteiger partial charge in [-0.15, -0.1) is 16.4 Å². The Bertz CT molecular complexity index is 959. The van der Waals surface area contributed by atoms with E-state index < -0.39 is 0 Å². The summed E-state index contributed by atoms with van der Waals surface area (Å²) in [5.41, 5.74) is 3.01. The Morgan fingerprint density at radius 2 is 2.33 bits per heavy atom. The highest BCUT2D eigenvalue weighted by atomic mass is 32.2. The van der Waals surface area contributed by atoms with Crippen molar-refractivity contribution < 1.29 is 4.74 Å². The van der Waals surface area contributed by atoms with Crippen LogP contribution in [0.5, 0.6) is 0 Å². The Hall–Kier alpha value is -2.10. The van der Waals surface area contributed by atoms with Crippen LogP contribution in [0.25, 0.3) is 0 Å². The quantitative estimate of drug-likeness (QED) is 0.587. The van der Waals surface area contributed by atoms with Crippen LogP contribution in [0.3, 0.4) is 0 Å². The number of benzene rings is 1. The third-order valence-electron chi connectivity index (χ3n) is 4.42. The lowest BCUT2D eigenvalue weighted by atomic mass is 10.2. The van der Waals surface area contributed by atoms with Gasteiger partial charge in [0.05, 0.1) is 18.3 Å². The molecule has 7 nitrogen and oxygen atoms in total. The molecular weight excluding hydrogens is 382 g/mol. The monoisotopic (exact) mass is 403 g/mol. The number of aromatic nitrogens is 4. The number of aryl methyl sites for hydroxylation is 1. The molecule has 1 aliphatic rings. The van der Waals surface area contributed by atoms with Crippen LogP contribution in [0.15, 0.2) is 39.6 Å². The summed E-state index contributed by atoms with van der Waals surface area (Å²) in [5.74, 6) is 0.655. The first-order chi connectivity index (χ1) is 13.2. The van der Waals surface area contributed by atoms with Crippen molar-refractivity contribution in [3.8, 4) is 0 Å². The van der Waals surface area contributed by atoms with Crippen molar-refractivity contribution in [1.82, 2.24) is 19.7 Å². The van der Waals surface area contributed by atoms with Gasteiger partial charge in [0.15, 0.2) is 10.3 Å². The molecule has 1 aromatic carbocycles. The first-order valence-corrected chi connectivity index (χ1v) is 10.7. The first kappa shape index (κ1) is 18.3. The molecule has 1 atom stereocenters. The molecule has 142 valence electrons. The highest BCUT2D eigenvalue weighted by Gasteiger charge is 2.19. The minimum atomic E-state index is -0.187. The average molecular weight is 404 g/mol. The Morgan fingerprint density at radius 1 is 1.44 bits per heavy atom. The number of anilines is 2. The summed E-state index contributed by atoms with van der Waals surface area (Å²) < 4.78 is 7.31. The molecule has 0 radical (unpaired) electrons. The number of nitrogens with one attached hydrogen (secondary N) is 2. The van der Waals surface area contributed by atoms with Crippen molar-refractivity contribution in [2.45, 2.75) is 43.3 Å². The highest BCUT2D eigenvalue weighted by molar-refractivity contribution is 7.98. The van der Waals surface area contributed by atoms with Gasteiger partial charge in [0.25, 0.3) is 0 Å². The summed E-state index contributed by atoms with van der Waals surface area (Å²) in [7, 11) is 0. The van der Waals surface area contributed by atoms with Crippen LogP contribution in [0.1, 0.15) is 24.1 Å². The second-order valence-corrected chi connectivity index (χ2v) is 8.23. The van der Waals surface area contributed by atoms with Gasteiger partial charge in [-0.1, -0.05) is 30.0 Å². The number of thiazole rings is 1. The molecular formula is C18H21N5O2S2. The SMILES string of the molecule is Cc1ccccc1Nc1nc(CSc2n[nH]c(=O)n2CC2CCCO2)cs1. The molecule has 0 amide bonds. The van der Waals surface area contributed by atoms with Crippen molar-refractivity contribution >= 4 is 33.9 Å². The van der Waals surface area contributed by atoms with Gasteiger partial charge in [-0.05, 0) is 31.4 Å². The minimum absolute atomic E-state index is 0.101. The van der Waals surface area contributed by atoms with E-state index in [1.165, 1.54) is 17.3 Å². The normalized spacial score (nSPS) is 16.7. The lowest BCUT2D eigenvalue weighted by molar-refractivity contribution is 0.0941. The Balaban J connectivity index is 1.39. The van der Waals surface area contributed by atoms with E-state index in [0.717, 1.165) is 36.0 Å². The van der Waals surface area contributed by atoms with Crippen molar-refractivity contribution in [2.75, 3.05) is 11.9 Å². The summed E-state index contributed by atoms with van der Waals surface area (Å²) >= 11 is 3.08. The molecule has 9 heteroatoms. The number of hydrogen-bond acceptors (Lipinski definition) is 7. The average Bonchev–Trinajstić information content (AvgIpc) is 3.40. The number of ether oxygens (including phenoxy) is 1. The Labute approximate surface area is 165 Å². The number of thioether (sulfide) groups is 1. The summed E-state index contributed by atoms with van der Waals surface area (Å²) in [6.45, 7) is 3.39. The fraction of sp³-hybridized carbons (Fsp3) is 0.389. The molecule has 0 aliphatic carbocycles. The molecule has 27 heavy (non-hydrogen) atoms. The summed E-state index contributed by atoms with van der Waals surface area (Å²) in [5, 5.41) is 13.6. The van der Waals surface area contributed by atoms with Gasteiger partial charge in [-0.25, -0.2) is 14.9 Å². The lowest BCUT2D eigenvalue weighted by Crippen LogP contribution is -2.24. The molecule has 1 fully saturated rings. The van der Waals surface area contributed by atoms with Crippen LogP contribution in [-0.2, 0) is 17.0 Å². The molecule has 3 heterocycles. The largest absolute Gasteiger partial charge is 0.376 e. The van der Waals surface area contributed by atoms with Crippen molar-refractivity contribution in [1.29, 1.82) is 0 Å². The van der Waals surface area contributed by atoms with Gasteiger partial charge in [-0.2, -0.15) is 0 Å². The van der Waals surface area contributed by atoms with Gasteiger partial charge < -0.3 is 10.1 Å². The van der Waals surface area contributed by atoms with Crippen molar-refractivity contribution in [3.63, 3.8) is 0 Å². The van der Waals surface area contributed by atoms with Crippen molar-refractivity contribution in [2.24, 2.45) is 0 Å². The molecule has 2 N–H and O–H groups in total. The maximum Gasteiger partial charge on any atom is 0.344 e. The Morgan fingerprint density at radius 3 is 3.15 bits per heavy atom. The molecule has 0 saturated carbocycles. The zero-order chi connectivity index (χ0) is 18.6. The molecule has 0 bridgehead atoms. The topological polar surface area (TPSA) is 84.8 Å². The smallest absolute Gasteiger partial charge is 0.344 e. The number of nitrogens with zero attached hydrogens (tertiary/aromatic N) is 3. The third kappa shape index (κ3) is 4.42. The van der Waals surface area contributed by atoms with Gasteiger partial charge in [0.2, 0.25) is 0 Å². The van der Waals surface area contributed by atoms with E-state index in [1.807, 2.05) is 23.6 Å². The van der Waals surface area contributed by atoms with Crippen LogP contribution in [0.2, 0.25) is 0 Å². The predicted molar refractivity (Wildman–Crippen MR) is 108 cm³/mol. The van der Waals surface area contributed by atoms with E-state index >= 15 is 0 Å². The number of hydrogen-bond donors (Lipinski definition) is 2. The van der Waals surface area contributed by atoms with E-state index in [1.54, 1.807) is 15.9 Å². The second-order valence-electron chi connectivity index (χ2n) is 6.43. The van der Waals surface area contributed by atoms with E-state index in [0.29, 0.717) is 17.5 Å². The molecule has 1 aliphatic heterocycles. The highest BCUT2D eigenvalue weighted by Crippen LogP contribution is 2.27. The van der Waals surface area contributed by atoms with Gasteiger partial charge >= 0.3 is 5.69 Å². The Kier molecular flexibility index (Phi) is 5.61. The minimum Gasteiger partial charge on any atom is -0.376 e. The maximum atomic E-state index is 12.0. The standard InChI is InChI=1S/C18H21N5O2S2/c1-12-5-2-3-7-15(12)20-16-19-13(10-26-16)11-27-18-22-21-17(24)23(18)9-14-6-4-8-25-14/h2-3,5,7,10,14H,4,6,8-9,11H2,1H3,(H,19,20)(H,21,24). The van der Waals surface area contributed by atoms with Crippen LogP contribution < -0.4 is 11.0 Å². The van der Waals surface area contributed by atoms with Gasteiger partial charge in [0.1, 0.15) is 0 Å². The zero-order valence-corrected chi connectivity index (χ0v) is 16.6. The lowest BCUT2D eigenvalue weighted by Gasteiger charge is -2.10. The van der Waals surface area contributed by atoms with E-state index in [2.05, 4.69) is 33.5 Å². The predicted octanol–water partition coefficient (Wildman–Crippen LogP) is 3.55. The fourth-order valence-corrected chi connectivity index (χ4v) is 4.64. The molecule has 3 aromatic rings. The van der Waals surface area contributed by atoms with E-state index in [4.69, 9.17) is 4.74 Å². The number of aromatic amines is 1. The van der Waals surface area contributed by atoms with Crippen LogP contribution >= 0.6 is 23.1 Å². The summed E-state index contributed by atoms with van der Waals surface area (Å²) in [4.78, 5) is 16.7. The maximum absolute atomic E-state index is 12.0. The van der Waals surface area contributed by atoms with Crippen LogP contribution in [-0.4, -0.2) is 32.5 Å². The van der Waals surface area contributed by atoms with Crippen LogP contribution in [0, 0.1) is 6.92 Å². The molecule has 2 aromatic heterocycles. The van der Waals surface area contributed by atoms with E-state index in [9.17, 15) is 4.79 Å². The van der Waals surface area contributed by atoms with Crippen LogP contribution in [0.4, 0.5) is 10.8 Å². The fourth-order valence-electron chi connectivity index (χ4n) is 2.96.